The van der Waals surface area contributed by atoms with Crippen LogP contribution in [0, 0.1) is 5.92 Å². The van der Waals surface area contributed by atoms with Gasteiger partial charge >= 0.3 is 0 Å². The number of ketones is 1. The van der Waals surface area contributed by atoms with Crippen molar-refractivity contribution in [2.24, 2.45) is 5.92 Å². The lowest BCUT2D eigenvalue weighted by atomic mass is 9.91. The van der Waals surface area contributed by atoms with Crippen molar-refractivity contribution in [1.29, 1.82) is 0 Å². The molecule has 4 heteroatoms. The van der Waals surface area contributed by atoms with Gasteiger partial charge in [-0.25, -0.2) is 0 Å². The first-order chi connectivity index (χ1) is 5.43. The van der Waals surface area contributed by atoms with E-state index in [1.54, 1.807) is 0 Å². The summed E-state index contributed by atoms with van der Waals surface area (Å²) in [5, 5.41) is 18.8. The Kier molecular flexibility index (Phi) is 2.37. The highest BCUT2D eigenvalue weighted by Gasteiger charge is 2.36. The molecule has 0 aromatic carbocycles. The van der Waals surface area contributed by atoms with Crippen molar-refractivity contribution >= 4 is 17.4 Å². The summed E-state index contributed by atoms with van der Waals surface area (Å²) in [6.07, 6.45) is 3.89. The molecule has 0 amide bonds. The molecule has 0 aromatic rings. The van der Waals surface area contributed by atoms with Gasteiger partial charge in [-0.05, 0) is 19.1 Å². The molecule has 1 aliphatic rings. The van der Waals surface area contributed by atoms with Crippen LogP contribution in [0.1, 0.15) is 6.92 Å². The molecule has 1 atom stereocenters. The number of allylic oxidation sites excluding steroid dienone is 2. The normalized spacial score (nSPS) is 26.7. The van der Waals surface area contributed by atoms with E-state index in [0.29, 0.717) is 0 Å². The van der Waals surface area contributed by atoms with E-state index in [4.69, 9.17) is 11.6 Å². The summed E-state index contributed by atoms with van der Waals surface area (Å²) in [7, 11) is 0. The smallest absolute Gasteiger partial charge is 0.198 e. The summed E-state index contributed by atoms with van der Waals surface area (Å²) in [5.41, 5.74) is 0. The minimum atomic E-state index is -2.14. The topological polar surface area (TPSA) is 57.5 Å². The highest BCUT2D eigenvalue weighted by molar-refractivity contribution is 6.31. The Hall–Kier alpha value is -0.640. The van der Waals surface area contributed by atoms with Gasteiger partial charge in [-0.3, -0.25) is 4.79 Å². The van der Waals surface area contributed by atoms with Crippen LogP contribution < -0.4 is 0 Å². The van der Waals surface area contributed by atoms with Gasteiger partial charge in [-0.15, -0.1) is 0 Å². The molecular weight excluding hydrogens is 180 g/mol. The Morgan fingerprint density at radius 1 is 1.67 bits per heavy atom. The van der Waals surface area contributed by atoms with Crippen LogP contribution in [0.2, 0.25) is 0 Å². The molecule has 12 heavy (non-hydrogen) atoms. The van der Waals surface area contributed by atoms with Gasteiger partial charge in [0.15, 0.2) is 5.79 Å². The average molecular weight is 189 g/mol. The van der Waals surface area contributed by atoms with Gasteiger partial charge in [0.2, 0.25) is 0 Å². The van der Waals surface area contributed by atoms with Gasteiger partial charge in [-0.1, -0.05) is 17.7 Å². The fraction of sp³-hybridized carbons (Fsp3) is 0.375. The Morgan fingerprint density at radius 3 is 2.67 bits per heavy atom. The van der Waals surface area contributed by atoms with Gasteiger partial charge in [0, 0.05) is 5.03 Å². The lowest BCUT2D eigenvalue weighted by Gasteiger charge is -2.26. The average Bonchev–Trinajstić information content (AvgIpc) is 1.82. The van der Waals surface area contributed by atoms with Crippen molar-refractivity contribution in [2.45, 2.75) is 12.7 Å². The third-order valence-corrected chi connectivity index (χ3v) is 1.93. The number of rotatable bonds is 1. The van der Waals surface area contributed by atoms with Crippen LogP contribution in [0.5, 0.6) is 0 Å². The Balaban J connectivity index is 2.96. The fourth-order valence-corrected chi connectivity index (χ4v) is 1.34. The molecule has 1 unspecified atom stereocenters. The first-order valence-corrected chi connectivity index (χ1v) is 3.83. The molecule has 0 saturated carbocycles. The zero-order chi connectivity index (χ0) is 9.35. The summed E-state index contributed by atoms with van der Waals surface area (Å²) in [5.74, 6) is -3.37. The molecule has 0 bridgehead atoms. The van der Waals surface area contributed by atoms with E-state index in [2.05, 4.69) is 0 Å². The number of Topliss-reactive ketones (excluding diaryl/α,β-unsaturated/α-hetero) is 1. The number of hydrogen-bond donors (Lipinski definition) is 2. The van der Waals surface area contributed by atoms with Crippen molar-refractivity contribution in [3.63, 3.8) is 0 Å². The monoisotopic (exact) mass is 188 g/mol. The van der Waals surface area contributed by atoms with Gasteiger partial charge in [-0.2, -0.15) is 0 Å². The Labute approximate surface area is 75.0 Å². The van der Waals surface area contributed by atoms with Crippen LogP contribution in [-0.2, 0) is 4.79 Å². The summed E-state index contributed by atoms with van der Waals surface area (Å²) in [6.45, 7) is 1.29. The third-order valence-electron chi connectivity index (χ3n) is 1.69. The maximum atomic E-state index is 10.9. The first kappa shape index (κ1) is 9.45. The van der Waals surface area contributed by atoms with E-state index in [1.165, 1.54) is 19.1 Å². The van der Waals surface area contributed by atoms with Crippen LogP contribution in [0.4, 0.5) is 0 Å². The molecule has 0 saturated heterocycles. The minimum absolute atomic E-state index is 0.220. The molecule has 0 aromatic heterocycles. The maximum Gasteiger partial charge on any atom is 0.198 e. The Morgan fingerprint density at radius 2 is 2.25 bits per heavy atom. The lowest BCUT2D eigenvalue weighted by Crippen LogP contribution is -2.39. The molecule has 3 nitrogen and oxygen atoms in total. The Bertz CT molecular complexity index is 265. The SMILES string of the molecule is CC(=O)C1C=CC(Cl)=CC1(O)O. The molecule has 0 radical (unpaired) electrons. The number of aliphatic hydroxyl groups is 2. The molecule has 66 valence electrons. The van der Waals surface area contributed by atoms with Crippen LogP contribution >= 0.6 is 11.6 Å². The minimum Gasteiger partial charge on any atom is -0.362 e. The van der Waals surface area contributed by atoms with Gasteiger partial charge < -0.3 is 10.2 Å². The fourth-order valence-electron chi connectivity index (χ4n) is 1.11. The standard InChI is InChI=1S/C8H9ClO3/c1-5(10)7-3-2-6(9)4-8(7,11)12/h2-4,7,11-12H,1H3. The number of carbonyl (C=O) groups is 1. The first-order valence-electron chi connectivity index (χ1n) is 3.45. The highest BCUT2D eigenvalue weighted by Crippen LogP contribution is 2.27. The largest absolute Gasteiger partial charge is 0.362 e. The third kappa shape index (κ3) is 1.75. The lowest BCUT2D eigenvalue weighted by molar-refractivity contribution is -0.161. The molecule has 0 aliphatic heterocycles. The van der Waals surface area contributed by atoms with Crippen LogP contribution in [0.15, 0.2) is 23.3 Å². The van der Waals surface area contributed by atoms with Gasteiger partial charge in [0.1, 0.15) is 5.78 Å². The molecule has 1 aliphatic carbocycles. The predicted molar refractivity (Wildman–Crippen MR) is 44.4 cm³/mol. The summed E-state index contributed by atoms with van der Waals surface area (Å²) in [4.78, 5) is 10.9. The highest BCUT2D eigenvalue weighted by atomic mass is 35.5. The number of hydrogen-bond acceptors (Lipinski definition) is 3. The zero-order valence-electron chi connectivity index (χ0n) is 6.49. The van der Waals surface area contributed by atoms with Crippen molar-refractivity contribution < 1.29 is 15.0 Å². The predicted octanol–water partition coefficient (Wildman–Crippen LogP) is 0.565. The molecular formula is C8H9ClO3. The van der Waals surface area contributed by atoms with E-state index in [9.17, 15) is 15.0 Å². The molecule has 0 heterocycles. The van der Waals surface area contributed by atoms with E-state index in [1.807, 2.05) is 0 Å². The second-order valence-corrected chi connectivity index (χ2v) is 3.20. The summed E-state index contributed by atoms with van der Waals surface area (Å²) in [6, 6.07) is 0. The van der Waals surface area contributed by atoms with Gasteiger partial charge in [0.25, 0.3) is 0 Å². The second-order valence-electron chi connectivity index (χ2n) is 2.76. The van der Waals surface area contributed by atoms with Crippen molar-refractivity contribution in [2.75, 3.05) is 0 Å². The number of carbonyl (C=O) groups excluding carboxylic acids is 1. The van der Waals surface area contributed by atoms with Crippen molar-refractivity contribution in [3.8, 4) is 0 Å². The molecule has 2 N–H and O–H groups in total. The van der Waals surface area contributed by atoms with Crippen molar-refractivity contribution in [3.05, 3.63) is 23.3 Å². The second kappa shape index (κ2) is 3.01. The van der Waals surface area contributed by atoms with Crippen LogP contribution in [0.25, 0.3) is 0 Å². The summed E-state index contributed by atoms with van der Waals surface area (Å²) < 4.78 is 0. The number of halogens is 1. The van der Waals surface area contributed by atoms with Gasteiger partial charge in [0.05, 0.1) is 5.92 Å². The maximum absolute atomic E-state index is 10.9. The van der Waals surface area contributed by atoms with E-state index >= 15 is 0 Å². The van der Waals surface area contributed by atoms with E-state index in [0.717, 1.165) is 6.08 Å². The van der Waals surface area contributed by atoms with Crippen molar-refractivity contribution in [1.82, 2.24) is 0 Å². The summed E-state index contributed by atoms with van der Waals surface area (Å²) >= 11 is 5.51. The van der Waals surface area contributed by atoms with Crippen LogP contribution in [-0.4, -0.2) is 21.8 Å². The van der Waals surface area contributed by atoms with E-state index < -0.39 is 11.7 Å². The quantitative estimate of drug-likeness (QED) is 0.592. The van der Waals surface area contributed by atoms with Crippen LogP contribution in [0.3, 0.4) is 0 Å². The molecule has 0 fully saturated rings. The zero-order valence-corrected chi connectivity index (χ0v) is 7.25. The molecule has 0 spiro atoms. The molecule has 1 rings (SSSR count). The van der Waals surface area contributed by atoms with E-state index in [-0.39, 0.29) is 10.8 Å².